The van der Waals surface area contributed by atoms with Crippen LogP contribution in [0.2, 0.25) is 0 Å². The molecule has 1 aromatic rings. The van der Waals surface area contributed by atoms with Gasteiger partial charge in [0.2, 0.25) is 0 Å². The molecule has 2 N–H and O–H groups in total. The molecule has 0 aliphatic carbocycles. The van der Waals surface area contributed by atoms with E-state index in [0.717, 1.165) is 31.5 Å². The summed E-state index contributed by atoms with van der Waals surface area (Å²) in [4.78, 5) is 2.15. The molecule has 1 aromatic carbocycles. The van der Waals surface area contributed by atoms with E-state index in [9.17, 15) is 0 Å². The van der Waals surface area contributed by atoms with E-state index in [1.165, 1.54) is 12.8 Å². The summed E-state index contributed by atoms with van der Waals surface area (Å²) < 4.78 is 0. The number of hydrogen-bond acceptors (Lipinski definition) is 4. The summed E-state index contributed by atoms with van der Waals surface area (Å²) in [6.45, 7) is 3.65. The molecule has 6 heteroatoms. The van der Waals surface area contributed by atoms with Crippen molar-refractivity contribution >= 4 is 28.8 Å². The van der Waals surface area contributed by atoms with E-state index in [2.05, 4.69) is 20.6 Å². The lowest BCUT2D eigenvalue weighted by atomic mass is 10.1. The molecule has 5 nitrogen and oxygen atoms in total. The Balaban J connectivity index is 2.11. The van der Waals surface area contributed by atoms with Crippen molar-refractivity contribution in [2.75, 3.05) is 13.1 Å². The minimum Gasteiger partial charge on any atom is -0.411 e. The number of likely N-dealkylation sites (tertiary alicyclic amines) is 1. The molecule has 1 fully saturated rings. The average Bonchev–Trinajstić information content (AvgIpc) is 2.85. The van der Waals surface area contributed by atoms with Crippen molar-refractivity contribution in [2.24, 2.45) is 10.3 Å². The van der Waals surface area contributed by atoms with Gasteiger partial charge in [-0.25, -0.2) is 0 Å². The predicted molar refractivity (Wildman–Crippen MR) is 93.6 cm³/mol. The molecule has 1 heterocycles. The summed E-state index contributed by atoms with van der Waals surface area (Å²) in [7, 11) is 0. The summed E-state index contributed by atoms with van der Waals surface area (Å²) in [5.41, 5.74) is 4.85. The summed E-state index contributed by atoms with van der Waals surface area (Å²) in [5.74, 6) is 0. The quantitative estimate of drug-likeness (QED) is 0.389. The molecule has 1 saturated heterocycles. The molecular weight excluding hydrogens is 296 g/mol. The third-order valence-corrected chi connectivity index (χ3v) is 4.05. The van der Waals surface area contributed by atoms with Gasteiger partial charge in [0.25, 0.3) is 0 Å². The van der Waals surface area contributed by atoms with Crippen LogP contribution >= 0.6 is 12.2 Å². The number of hydrazone groups is 1. The largest absolute Gasteiger partial charge is 0.411 e. The second-order valence-corrected chi connectivity index (χ2v) is 5.72. The zero-order valence-corrected chi connectivity index (χ0v) is 13.6. The van der Waals surface area contributed by atoms with Crippen LogP contribution in [0.4, 0.5) is 0 Å². The molecule has 118 valence electrons. The monoisotopic (exact) mass is 318 g/mol. The maximum absolute atomic E-state index is 9.05. The molecule has 0 bridgehead atoms. The lowest BCUT2D eigenvalue weighted by Gasteiger charge is -2.22. The Kier molecular flexibility index (Phi) is 6.33. The summed E-state index contributed by atoms with van der Waals surface area (Å²) in [6, 6.07) is 9.61. The van der Waals surface area contributed by atoms with Crippen LogP contribution in [0.5, 0.6) is 0 Å². The van der Waals surface area contributed by atoms with Crippen molar-refractivity contribution in [1.29, 1.82) is 0 Å². The van der Waals surface area contributed by atoms with E-state index in [0.29, 0.717) is 16.5 Å². The first-order chi connectivity index (χ1) is 10.7. The van der Waals surface area contributed by atoms with Crippen molar-refractivity contribution in [3.8, 4) is 0 Å². The van der Waals surface area contributed by atoms with Crippen LogP contribution < -0.4 is 5.43 Å². The normalized spacial score (nSPS) is 17.0. The molecule has 0 spiro atoms. The zero-order chi connectivity index (χ0) is 15.8. The highest BCUT2D eigenvalue weighted by atomic mass is 32.1. The van der Waals surface area contributed by atoms with Crippen molar-refractivity contribution in [1.82, 2.24) is 10.3 Å². The molecular formula is C16H22N4OS. The third-order valence-electron chi connectivity index (χ3n) is 3.70. The van der Waals surface area contributed by atoms with Crippen LogP contribution in [0, 0.1) is 0 Å². The molecule has 1 aliphatic heterocycles. The van der Waals surface area contributed by atoms with E-state index in [1.54, 1.807) is 6.92 Å². The minimum atomic E-state index is 0.442. The predicted octanol–water partition coefficient (Wildman–Crippen LogP) is 2.99. The highest BCUT2D eigenvalue weighted by Crippen LogP contribution is 2.10. The van der Waals surface area contributed by atoms with E-state index in [1.807, 2.05) is 30.3 Å². The summed E-state index contributed by atoms with van der Waals surface area (Å²) >= 11 is 5.43. The van der Waals surface area contributed by atoms with Gasteiger partial charge in [-0.1, -0.05) is 48.3 Å². The number of nitrogens with one attached hydrogen (secondary N) is 1. The number of nitrogens with zero attached hydrogens (tertiary/aromatic N) is 3. The first-order valence-electron chi connectivity index (χ1n) is 7.59. The van der Waals surface area contributed by atoms with E-state index in [4.69, 9.17) is 17.4 Å². The molecule has 0 radical (unpaired) electrons. The highest BCUT2D eigenvalue weighted by Gasteiger charge is 2.13. The number of oxime groups is 1. The van der Waals surface area contributed by atoms with Crippen molar-refractivity contribution in [3.63, 3.8) is 0 Å². The third kappa shape index (κ3) is 4.53. The van der Waals surface area contributed by atoms with Crippen LogP contribution in [0.1, 0.15) is 38.2 Å². The zero-order valence-electron chi connectivity index (χ0n) is 12.8. The maximum Gasteiger partial charge on any atom is 0.189 e. The molecule has 22 heavy (non-hydrogen) atoms. The van der Waals surface area contributed by atoms with Crippen molar-refractivity contribution in [3.05, 3.63) is 35.9 Å². The van der Waals surface area contributed by atoms with Gasteiger partial charge in [-0.2, -0.15) is 5.10 Å². The van der Waals surface area contributed by atoms with Crippen LogP contribution in [-0.2, 0) is 0 Å². The molecule has 0 saturated carbocycles. The Morgan fingerprint density at radius 3 is 2.36 bits per heavy atom. The van der Waals surface area contributed by atoms with E-state index in [-0.39, 0.29) is 0 Å². The van der Waals surface area contributed by atoms with Crippen LogP contribution in [0.3, 0.4) is 0 Å². The Bertz CT molecular complexity index is 549. The molecule has 2 rings (SSSR count). The number of rotatable bonds is 3. The van der Waals surface area contributed by atoms with Gasteiger partial charge in [-0.05, 0) is 32.0 Å². The fourth-order valence-corrected chi connectivity index (χ4v) is 2.67. The number of hydrogen-bond donors (Lipinski definition) is 2. The van der Waals surface area contributed by atoms with E-state index >= 15 is 0 Å². The Labute approximate surface area is 136 Å². The second kappa shape index (κ2) is 8.48. The topological polar surface area (TPSA) is 60.2 Å². The second-order valence-electron chi connectivity index (χ2n) is 5.33. The van der Waals surface area contributed by atoms with E-state index < -0.39 is 0 Å². The fraction of sp³-hybridized carbons (Fsp3) is 0.438. The number of thiocarbonyl (C=S) groups is 1. The Morgan fingerprint density at radius 1 is 1.14 bits per heavy atom. The highest BCUT2D eigenvalue weighted by molar-refractivity contribution is 7.80. The lowest BCUT2D eigenvalue weighted by molar-refractivity contribution is 0.320. The maximum atomic E-state index is 9.05. The van der Waals surface area contributed by atoms with Crippen molar-refractivity contribution in [2.45, 2.75) is 32.6 Å². The first-order valence-corrected chi connectivity index (χ1v) is 8.00. The van der Waals surface area contributed by atoms with Gasteiger partial charge in [-0.3, -0.25) is 5.43 Å². The molecule has 0 aromatic heterocycles. The van der Waals surface area contributed by atoms with Gasteiger partial charge < -0.3 is 10.1 Å². The fourth-order valence-electron chi connectivity index (χ4n) is 2.45. The average molecular weight is 318 g/mol. The van der Waals surface area contributed by atoms with Gasteiger partial charge in [0.05, 0.1) is 0 Å². The SMILES string of the molecule is CC(=N/O)/C(=N\NC(=S)N1CCCCCC1)c1ccccc1. The minimum absolute atomic E-state index is 0.442. The van der Waals surface area contributed by atoms with Crippen LogP contribution in [0.25, 0.3) is 0 Å². The molecule has 0 unspecified atom stereocenters. The van der Waals surface area contributed by atoms with Gasteiger partial charge in [0, 0.05) is 18.7 Å². The number of benzene rings is 1. The Morgan fingerprint density at radius 2 is 1.77 bits per heavy atom. The van der Waals surface area contributed by atoms with Crippen molar-refractivity contribution < 1.29 is 5.21 Å². The van der Waals surface area contributed by atoms with Crippen LogP contribution in [-0.4, -0.2) is 39.7 Å². The lowest BCUT2D eigenvalue weighted by Crippen LogP contribution is -2.38. The van der Waals surface area contributed by atoms with Gasteiger partial charge in [0.15, 0.2) is 5.11 Å². The summed E-state index contributed by atoms with van der Waals surface area (Å²) in [5, 5.41) is 17.3. The molecule has 0 amide bonds. The molecule has 0 atom stereocenters. The van der Waals surface area contributed by atoms with Gasteiger partial charge >= 0.3 is 0 Å². The smallest absolute Gasteiger partial charge is 0.189 e. The van der Waals surface area contributed by atoms with Gasteiger partial charge in [0.1, 0.15) is 11.4 Å². The van der Waals surface area contributed by atoms with Crippen LogP contribution in [0.15, 0.2) is 40.6 Å². The molecule has 1 aliphatic rings. The summed E-state index contributed by atoms with van der Waals surface area (Å²) in [6.07, 6.45) is 4.84. The Hall–Kier alpha value is -1.95. The van der Waals surface area contributed by atoms with Gasteiger partial charge in [-0.15, -0.1) is 0 Å². The standard InChI is InChI=1S/C16H22N4OS/c1-13(19-21)15(14-9-5-4-6-10-14)17-18-16(22)20-11-7-2-3-8-12-20/h4-6,9-10,21H,2-3,7-8,11-12H2,1H3,(H,18,22)/b17-15+,19-13-. The first kappa shape index (κ1) is 16.4.